The molecule has 0 bridgehead atoms. The molecule has 0 aromatic heterocycles. The molecule has 0 fully saturated rings. The van der Waals surface area contributed by atoms with E-state index in [0.29, 0.717) is 23.5 Å². The molecular formula is C12H14O5. The Morgan fingerprint density at radius 1 is 1.41 bits per heavy atom. The molecule has 0 unspecified atom stereocenters. The van der Waals surface area contributed by atoms with E-state index in [2.05, 4.69) is 0 Å². The molecule has 5 heteroatoms. The molecule has 0 spiro atoms. The Morgan fingerprint density at radius 3 is 2.76 bits per heavy atom. The highest BCUT2D eigenvalue weighted by Gasteiger charge is 2.29. The van der Waals surface area contributed by atoms with Crippen LogP contribution in [0.1, 0.15) is 15.9 Å². The lowest BCUT2D eigenvalue weighted by Crippen LogP contribution is -2.30. The highest BCUT2D eigenvalue weighted by atomic mass is 16.6. The summed E-state index contributed by atoms with van der Waals surface area (Å²) >= 11 is 0. The molecule has 17 heavy (non-hydrogen) atoms. The van der Waals surface area contributed by atoms with Crippen LogP contribution in [-0.2, 0) is 11.2 Å². The summed E-state index contributed by atoms with van der Waals surface area (Å²) in [5, 5.41) is 9.06. The number of methoxy groups -OCH3 is 2. The second-order valence-electron chi connectivity index (χ2n) is 3.77. The van der Waals surface area contributed by atoms with Crippen LogP contribution in [0, 0.1) is 0 Å². The predicted molar refractivity (Wildman–Crippen MR) is 59.5 cm³/mol. The minimum Gasteiger partial charge on any atom is -0.497 e. The number of carbonyl (C=O) groups excluding carboxylic acids is 1. The summed E-state index contributed by atoms with van der Waals surface area (Å²) < 4.78 is 15.4. The number of aliphatic hydroxyl groups excluding tert-OH is 1. The monoisotopic (exact) mass is 238 g/mol. The number of hydrogen-bond acceptors (Lipinski definition) is 5. The van der Waals surface area contributed by atoms with Gasteiger partial charge in [0.25, 0.3) is 0 Å². The maximum absolute atomic E-state index is 11.7. The van der Waals surface area contributed by atoms with Gasteiger partial charge >= 0.3 is 5.97 Å². The van der Waals surface area contributed by atoms with Gasteiger partial charge in [-0.05, 0) is 6.07 Å². The van der Waals surface area contributed by atoms with Crippen molar-refractivity contribution in [1.29, 1.82) is 0 Å². The molecule has 0 radical (unpaired) electrons. The third-order valence-corrected chi connectivity index (χ3v) is 2.77. The highest BCUT2D eigenvalue weighted by molar-refractivity contribution is 5.93. The van der Waals surface area contributed by atoms with Gasteiger partial charge in [0, 0.05) is 18.1 Å². The van der Waals surface area contributed by atoms with Gasteiger partial charge in [0.1, 0.15) is 17.6 Å². The first-order valence-electron chi connectivity index (χ1n) is 5.26. The topological polar surface area (TPSA) is 65.0 Å². The zero-order valence-corrected chi connectivity index (χ0v) is 9.73. The number of ether oxygens (including phenoxy) is 3. The second kappa shape index (κ2) is 4.63. The Labute approximate surface area is 98.9 Å². The lowest BCUT2D eigenvalue weighted by Gasteiger charge is -2.25. The number of rotatable bonds is 3. The quantitative estimate of drug-likeness (QED) is 0.788. The molecular weight excluding hydrogens is 224 g/mol. The Balaban J connectivity index is 2.50. The molecule has 1 aliphatic heterocycles. The van der Waals surface area contributed by atoms with Crippen LogP contribution in [0.5, 0.6) is 11.5 Å². The van der Waals surface area contributed by atoms with E-state index in [1.165, 1.54) is 14.2 Å². The SMILES string of the molecule is COc1cc(OC)c2c(c1)C(=O)O[C@@H](CO)C2. The van der Waals surface area contributed by atoms with Gasteiger partial charge in [0.05, 0.1) is 26.4 Å². The van der Waals surface area contributed by atoms with Crippen molar-refractivity contribution in [2.45, 2.75) is 12.5 Å². The van der Waals surface area contributed by atoms with Gasteiger partial charge in [-0.25, -0.2) is 4.79 Å². The normalized spacial score (nSPS) is 18.3. The molecule has 2 rings (SSSR count). The summed E-state index contributed by atoms with van der Waals surface area (Å²) in [7, 11) is 3.05. The summed E-state index contributed by atoms with van der Waals surface area (Å²) in [6, 6.07) is 3.33. The fraction of sp³-hybridized carbons (Fsp3) is 0.417. The summed E-state index contributed by atoms with van der Waals surface area (Å²) in [6.07, 6.45) is -0.0534. The van der Waals surface area contributed by atoms with Gasteiger partial charge in [-0.1, -0.05) is 0 Å². The van der Waals surface area contributed by atoms with Gasteiger partial charge in [0.2, 0.25) is 0 Å². The van der Waals surface area contributed by atoms with Crippen molar-refractivity contribution in [3.8, 4) is 11.5 Å². The van der Waals surface area contributed by atoms with Crippen molar-refractivity contribution in [2.24, 2.45) is 0 Å². The van der Waals surface area contributed by atoms with Crippen LogP contribution in [0.15, 0.2) is 12.1 Å². The molecule has 1 heterocycles. The molecule has 0 amide bonds. The highest BCUT2D eigenvalue weighted by Crippen LogP contribution is 2.33. The molecule has 1 aromatic rings. The van der Waals surface area contributed by atoms with E-state index in [4.69, 9.17) is 19.3 Å². The third-order valence-electron chi connectivity index (χ3n) is 2.77. The lowest BCUT2D eigenvalue weighted by molar-refractivity contribution is 0.00901. The maximum atomic E-state index is 11.7. The van der Waals surface area contributed by atoms with Crippen LogP contribution in [0.3, 0.4) is 0 Å². The van der Waals surface area contributed by atoms with Crippen molar-refractivity contribution >= 4 is 5.97 Å². The van der Waals surface area contributed by atoms with Gasteiger partial charge < -0.3 is 19.3 Å². The fourth-order valence-corrected chi connectivity index (χ4v) is 1.90. The molecule has 0 saturated carbocycles. The summed E-state index contributed by atoms with van der Waals surface area (Å²) in [6.45, 7) is -0.194. The summed E-state index contributed by atoms with van der Waals surface area (Å²) in [4.78, 5) is 11.7. The molecule has 1 atom stereocenters. The number of esters is 1. The molecule has 1 aliphatic rings. The average Bonchev–Trinajstić information content (AvgIpc) is 2.37. The number of cyclic esters (lactones) is 1. The van der Waals surface area contributed by atoms with Crippen molar-refractivity contribution in [3.63, 3.8) is 0 Å². The molecule has 0 saturated heterocycles. The molecule has 5 nitrogen and oxygen atoms in total. The van der Waals surface area contributed by atoms with Gasteiger partial charge in [-0.3, -0.25) is 0 Å². The maximum Gasteiger partial charge on any atom is 0.339 e. The predicted octanol–water partition coefficient (Wildman–Crippen LogP) is 0.778. The van der Waals surface area contributed by atoms with Crippen molar-refractivity contribution in [2.75, 3.05) is 20.8 Å². The zero-order chi connectivity index (χ0) is 12.4. The largest absolute Gasteiger partial charge is 0.497 e. The van der Waals surface area contributed by atoms with Gasteiger partial charge in [0.15, 0.2) is 0 Å². The standard InChI is InChI=1S/C12H14O5/c1-15-7-3-10-9(11(5-7)16-2)4-8(6-13)17-12(10)14/h3,5,8,13H,4,6H2,1-2H3/t8-/m1/s1. The molecule has 0 aliphatic carbocycles. The fourth-order valence-electron chi connectivity index (χ4n) is 1.90. The Hall–Kier alpha value is -1.75. The van der Waals surface area contributed by atoms with E-state index in [9.17, 15) is 4.79 Å². The lowest BCUT2D eigenvalue weighted by atomic mass is 9.97. The van der Waals surface area contributed by atoms with Crippen molar-refractivity contribution < 1.29 is 24.1 Å². The summed E-state index contributed by atoms with van der Waals surface area (Å²) in [5.74, 6) is 0.664. The molecule has 92 valence electrons. The molecule has 1 N–H and O–H groups in total. The van der Waals surface area contributed by atoms with E-state index in [0.717, 1.165) is 5.56 Å². The smallest absolute Gasteiger partial charge is 0.339 e. The van der Waals surface area contributed by atoms with E-state index < -0.39 is 12.1 Å². The van der Waals surface area contributed by atoms with Crippen LogP contribution in [0.2, 0.25) is 0 Å². The number of benzene rings is 1. The zero-order valence-electron chi connectivity index (χ0n) is 9.73. The van der Waals surface area contributed by atoms with Crippen molar-refractivity contribution in [3.05, 3.63) is 23.3 Å². The first kappa shape index (κ1) is 11.7. The van der Waals surface area contributed by atoms with Crippen molar-refractivity contribution in [1.82, 2.24) is 0 Å². The Bertz CT molecular complexity index is 441. The second-order valence-corrected chi connectivity index (χ2v) is 3.77. The van der Waals surface area contributed by atoms with Gasteiger partial charge in [-0.15, -0.1) is 0 Å². The van der Waals surface area contributed by atoms with Crippen LogP contribution >= 0.6 is 0 Å². The number of hydrogen-bond donors (Lipinski definition) is 1. The minimum atomic E-state index is -0.503. The number of carbonyl (C=O) groups is 1. The Morgan fingerprint density at radius 2 is 2.18 bits per heavy atom. The van der Waals surface area contributed by atoms with E-state index >= 15 is 0 Å². The van der Waals surface area contributed by atoms with Crippen LogP contribution in [0.25, 0.3) is 0 Å². The number of fused-ring (bicyclic) bond motifs is 1. The van der Waals surface area contributed by atoms with E-state index in [-0.39, 0.29) is 6.61 Å². The summed E-state index contributed by atoms with van der Waals surface area (Å²) in [5.41, 5.74) is 1.19. The molecule has 1 aromatic carbocycles. The first-order valence-corrected chi connectivity index (χ1v) is 5.26. The van der Waals surface area contributed by atoms with Crippen LogP contribution < -0.4 is 9.47 Å². The Kier molecular flexibility index (Phi) is 3.19. The van der Waals surface area contributed by atoms with Crippen LogP contribution in [-0.4, -0.2) is 38.0 Å². The van der Waals surface area contributed by atoms with Crippen LogP contribution in [0.4, 0.5) is 0 Å². The first-order chi connectivity index (χ1) is 8.19. The average molecular weight is 238 g/mol. The van der Waals surface area contributed by atoms with E-state index in [1.807, 2.05) is 0 Å². The minimum absolute atomic E-state index is 0.194. The van der Waals surface area contributed by atoms with E-state index in [1.54, 1.807) is 12.1 Å². The third kappa shape index (κ3) is 2.06. The van der Waals surface area contributed by atoms with Gasteiger partial charge in [-0.2, -0.15) is 0 Å². The number of aliphatic hydroxyl groups is 1.